The molecule has 0 aromatic heterocycles. The number of sulfonamides is 1. The Morgan fingerprint density at radius 1 is 1.50 bits per heavy atom. The lowest BCUT2D eigenvalue weighted by atomic mass is 10.1. The summed E-state index contributed by atoms with van der Waals surface area (Å²) < 4.78 is 29.6. The van der Waals surface area contributed by atoms with Crippen LogP contribution in [0.25, 0.3) is 0 Å². The van der Waals surface area contributed by atoms with Gasteiger partial charge >= 0.3 is 5.97 Å². The molecule has 1 unspecified atom stereocenters. The van der Waals surface area contributed by atoms with E-state index >= 15 is 0 Å². The second kappa shape index (κ2) is 5.91. The normalized spacial score (nSPS) is 20.4. The highest BCUT2D eigenvalue weighted by molar-refractivity contribution is 7.89. The van der Waals surface area contributed by atoms with E-state index in [2.05, 4.69) is 9.46 Å². The lowest BCUT2D eigenvalue weighted by molar-refractivity contribution is -0.140. The monoisotopic (exact) mass is 278 g/mol. The van der Waals surface area contributed by atoms with Crippen LogP contribution >= 0.6 is 0 Å². The largest absolute Gasteiger partial charge is 0.469 e. The summed E-state index contributed by atoms with van der Waals surface area (Å²) in [5, 5.41) is 2.03. The first-order valence-electron chi connectivity index (χ1n) is 5.24. The van der Waals surface area contributed by atoms with Crippen LogP contribution in [0, 0.1) is 0 Å². The topological polar surface area (TPSA) is 119 Å². The van der Waals surface area contributed by atoms with E-state index in [0.29, 0.717) is 0 Å². The van der Waals surface area contributed by atoms with Crippen LogP contribution in [0.5, 0.6) is 0 Å². The smallest absolute Gasteiger partial charge is 0.306 e. The molecule has 9 heteroatoms. The van der Waals surface area contributed by atoms with Gasteiger partial charge in [0.05, 0.1) is 19.3 Å². The quantitative estimate of drug-likeness (QED) is 0.456. The Hall–Kier alpha value is -1.48. The van der Waals surface area contributed by atoms with E-state index in [0.717, 1.165) is 7.11 Å². The molecule has 0 aromatic rings. The molecular weight excluding hydrogens is 264 g/mol. The number of hydrogen-bond donors (Lipinski definition) is 2. The highest BCUT2D eigenvalue weighted by atomic mass is 32.2. The Morgan fingerprint density at radius 2 is 2.17 bits per heavy atom. The fourth-order valence-corrected chi connectivity index (χ4v) is 2.61. The molecule has 0 radical (unpaired) electrons. The Balaban J connectivity index is 2.52. The Bertz CT molecular complexity index is 458. The van der Waals surface area contributed by atoms with Gasteiger partial charge in [-0.3, -0.25) is 19.7 Å². The molecule has 1 rings (SSSR count). The van der Waals surface area contributed by atoms with Gasteiger partial charge in [-0.05, 0) is 6.42 Å². The van der Waals surface area contributed by atoms with Crippen molar-refractivity contribution in [1.82, 2.24) is 10.0 Å². The first-order chi connectivity index (χ1) is 8.34. The molecular formula is C9H14N2O6S. The Morgan fingerprint density at radius 3 is 2.72 bits per heavy atom. The molecule has 1 aliphatic heterocycles. The maximum atomic E-state index is 11.6. The lowest BCUT2D eigenvalue weighted by Crippen LogP contribution is -2.52. The van der Waals surface area contributed by atoms with Gasteiger partial charge in [-0.2, -0.15) is 0 Å². The summed E-state index contributed by atoms with van der Waals surface area (Å²) in [6, 6.07) is -0.967. The zero-order valence-corrected chi connectivity index (χ0v) is 10.6. The van der Waals surface area contributed by atoms with Gasteiger partial charge < -0.3 is 4.74 Å². The van der Waals surface area contributed by atoms with Gasteiger partial charge in [-0.15, -0.1) is 0 Å². The van der Waals surface area contributed by atoms with Crippen LogP contribution in [-0.4, -0.2) is 45.1 Å². The minimum Gasteiger partial charge on any atom is -0.469 e. The van der Waals surface area contributed by atoms with Crippen LogP contribution in [0.1, 0.15) is 19.3 Å². The Labute approximate surface area is 104 Å². The molecule has 1 saturated heterocycles. The van der Waals surface area contributed by atoms with E-state index in [1.54, 1.807) is 0 Å². The van der Waals surface area contributed by atoms with Gasteiger partial charge in [-0.25, -0.2) is 13.1 Å². The average Bonchev–Trinajstić information content (AvgIpc) is 2.30. The maximum Gasteiger partial charge on any atom is 0.306 e. The number of amides is 2. The second-order valence-electron chi connectivity index (χ2n) is 3.77. The minimum absolute atomic E-state index is 0.0793. The van der Waals surface area contributed by atoms with Crippen molar-refractivity contribution in [2.45, 2.75) is 25.3 Å². The molecule has 0 bridgehead atoms. The SMILES string of the molecule is COC(=O)CCS(=O)(=O)NC1CCC(=O)NC1=O. The minimum atomic E-state index is -3.76. The molecule has 1 fully saturated rings. The molecule has 1 atom stereocenters. The van der Waals surface area contributed by atoms with Crippen LogP contribution in [0.4, 0.5) is 0 Å². The zero-order valence-electron chi connectivity index (χ0n) is 9.76. The van der Waals surface area contributed by atoms with Gasteiger partial charge in [0, 0.05) is 6.42 Å². The molecule has 2 amide bonds. The van der Waals surface area contributed by atoms with Gasteiger partial charge in [0.15, 0.2) is 0 Å². The number of carbonyl (C=O) groups excluding carboxylic acids is 3. The van der Waals surface area contributed by atoms with Crippen LogP contribution < -0.4 is 10.0 Å². The average molecular weight is 278 g/mol. The van der Waals surface area contributed by atoms with Crippen LogP contribution in [0.2, 0.25) is 0 Å². The summed E-state index contributed by atoms with van der Waals surface area (Å²) in [4.78, 5) is 33.0. The van der Waals surface area contributed by atoms with E-state index in [1.807, 2.05) is 5.32 Å². The number of nitrogens with one attached hydrogen (secondary N) is 2. The molecule has 8 nitrogen and oxygen atoms in total. The summed E-state index contributed by atoms with van der Waals surface area (Å²) in [7, 11) is -2.60. The lowest BCUT2D eigenvalue weighted by Gasteiger charge is -2.21. The summed E-state index contributed by atoms with van der Waals surface area (Å²) in [6.07, 6.45) is -0.100. The third-order valence-electron chi connectivity index (χ3n) is 2.36. The van der Waals surface area contributed by atoms with E-state index in [4.69, 9.17) is 0 Å². The molecule has 2 N–H and O–H groups in total. The van der Waals surface area contributed by atoms with Crippen molar-refractivity contribution in [3.05, 3.63) is 0 Å². The van der Waals surface area contributed by atoms with Crippen molar-refractivity contribution in [2.75, 3.05) is 12.9 Å². The molecule has 18 heavy (non-hydrogen) atoms. The highest BCUT2D eigenvalue weighted by Crippen LogP contribution is 2.06. The molecule has 0 saturated carbocycles. The second-order valence-corrected chi connectivity index (χ2v) is 5.64. The Kier molecular flexibility index (Phi) is 4.79. The molecule has 1 aliphatic rings. The summed E-state index contributed by atoms with van der Waals surface area (Å²) in [6.45, 7) is 0. The van der Waals surface area contributed by atoms with Gasteiger partial charge in [0.1, 0.15) is 6.04 Å². The number of esters is 1. The first kappa shape index (κ1) is 14.6. The summed E-state index contributed by atoms with van der Waals surface area (Å²) in [5.74, 6) is -2.21. The number of methoxy groups -OCH3 is 1. The number of carbonyl (C=O) groups is 3. The summed E-state index contributed by atoms with van der Waals surface area (Å²) in [5.41, 5.74) is 0. The maximum absolute atomic E-state index is 11.6. The predicted molar refractivity (Wildman–Crippen MR) is 59.7 cm³/mol. The van der Waals surface area contributed by atoms with Gasteiger partial charge in [0.25, 0.3) is 0 Å². The van der Waals surface area contributed by atoms with Crippen molar-refractivity contribution in [3.63, 3.8) is 0 Å². The number of piperidine rings is 1. The number of ether oxygens (including phenoxy) is 1. The third-order valence-corrected chi connectivity index (χ3v) is 3.75. The van der Waals surface area contributed by atoms with Crippen molar-refractivity contribution in [3.8, 4) is 0 Å². The fraction of sp³-hybridized carbons (Fsp3) is 0.667. The van der Waals surface area contributed by atoms with E-state index < -0.39 is 39.6 Å². The van der Waals surface area contributed by atoms with E-state index in [9.17, 15) is 22.8 Å². The van der Waals surface area contributed by atoms with E-state index in [-0.39, 0.29) is 19.3 Å². The molecule has 0 aromatic carbocycles. The standard InChI is InChI=1S/C9H14N2O6S/c1-17-8(13)4-5-18(15,16)11-6-2-3-7(12)10-9(6)14/h6,11H,2-5H2,1H3,(H,10,12,14). The number of rotatable bonds is 5. The third kappa shape index (κ3) is 4.41. The number of imide groups is 1. The van der Waals surface area contributed by atoms with Gasteiger partial charge in [-0.1, -0.05) is 0 Å². The zero-order chi connectivity index (χ0) is 13.8. The fourth-order valence-electron chi connectivity index (χ4n) is 1.40. The van der Waals surface area contributed by atoms with Crippen LogP contribution in [0.15, 0.2) is 0 Å². The predicted octanol–water partition coefficient (Wildman–Crippen LogP) is -1.73. The van der Waals surface area contributed by atoms with Crippen LogP contribution in [0.3, 0.4) is 0 Å². The number of hydrogen-bond acceptors (Lipinski definition) is 6. The first-order valence-corrected chi connectivity index (χ1v) is 6.90. The molecule has 102 valence electrons. The molecule has 0 aliphatic carbocycles. The van der Waals surface area contributed by atoms with Crippen molar-refractivity contribution in [2.24, 2.45) is 0 Å². The van der Waals surface area contributed by atoms with Crippen LogP contribution in [-0.2, 0) is 29.1 Å². The molecule has 1 heterocycles. The van der Waals surface area contributed by atoms with E-state index in [1.165, 1.54) is 0 Å². The molecule has 0 spiro atoms. The summed E-state index contributed by atoms with van der Waals surface area (Å²) >= 11 is 0. The van der Waals surface area contributed by atoms with Gasteiger partial charge in [0.2, 0.25) is 21.8 Å². The van der Waals surface area contributed by atoms with Crippen molar-refractivity contribution >= 4 is 27.8 Å². The highest BCUT2D eigenvalue weighted by Gasteiger charge is 2.30. The van der Waals surface area contributed by atoms with Crippen molar-refractivity contribution < 1.29 is 27.5 Å². The van der Waals surface area contributed by atoms with Crippen molar-refractivity contribution in [1.29, 1.82) is 0 Å².